The summed E-state index contributed by atoms with van der Waals surface area (Å²) in [6.07, 6.45) is 1.16. The van der Waals surface area contributed by atoms with Crippen LogP contribution in [0.25, 0.3) is 21.9 Å². The molecule has 3 aromatic carbocycles. The van der Waals surface area contributed by atoms with E-state index in [0.29, 0.717) is 31.6 Å². The summed E-state index contributed by atoms with van der Waals surface area (Å²) in [5.41, 5.74) is 3.89. The van der Waals surface area contributed by atoms with Crippen molar-refractivity contribution in [3.63, 3.8) is 0 Å². The molecule has 2 amide bonds. The smallest absolute Gasteiger partial charge is 0.253 e. The molecule has 0 radical (unpaired) electrons. The van der Waals surface area contributed by atoms with Gasteiger partial charge in [0.1, 0.15) is 5.75 Å². The molecular formula is C24H24N2O3. The highest BCUT2D eigenvalue weighted by molar-refractivity contribution is 6.03. The highest BCUT2D eigenvalue weighted by Crippen LogP contribution is 2.33. The Hall–Kier alpha value is -3.34. The Morgan fingerprint density at radius 3 is 2.76 bits per heavy atom. The van der Waals surface area contributed by atoms with Crippen molar-refractivity contribution in [2.24, 2.45) is 0 Å². The Morgan fingerprint density at radius 2 is 1.93 bits per heavy atom. The lowest BCUT2D eigenvalue weighted by atomic mass is 9.92. The molecule has 1 aliphatic rings. The molecule has 148 valence electrons. The first-order valence-corrected chi connectivity index (χ1v) is 9.98. The predicted molar refractivity (Wildman–Crippen MR) is 114 cm³/mol. The molecule has 0 aliphatic carbocycles. The summed E-state index contributed by atoms with van der Waals surface area (Å²) in [4.78, 5) is 26.2. The molecule has 5 nitrogen and oxygen atoms in total. The fourth-order valence-corrected chi connectivity index (χ4v) is 3.94. The Labute approximate surface area is 170 Å². The average Bonchev–Trinajstić information content (AvgIpc) is 2.96. The van der Waals surface area contributed by atoms with Gasteiger partial charge >= 0.3 is 0 Å². The molecule has 0 atom stereocenters. The summed E-state index contributed by atoms with van der Waals surface area (Å²) in [6, 6.07) is 17.3. The quantitative estimate of drug-likeness (QED) is 0.718. The summed E-state index contributed by atoms with van der Waals surface area (Å²) in [5, 5.41) is 14.7. The zero-order valence-electron chi connectivity index (χ0n) is 16.4. The molecule has 1 aliphatic heterocycles. The minimum Gasteiger partial charge on any atom is -0.508 e. The third kappa shape index (κ3) is 3.81. The molecule has 0 saturated carbocycles. The van der Waals surface area contributed by atoms with Crippen molar-refractivity contribution in [2.75, 3.05) is 19.6 Å². The van der Waals surface area contributed by atoms with Gasteiger partial charge in [0.25, 0.3) is 5.91 Å². The topological polar surface area (TPSA) is 69.6 Å². The van der Waals surface area contributed by atoms with E-state index in [4.69, 9.17) is 0 Å². The Balaban J connectivity index is 1.71. The van der Waals surface area contributed by atoms with E-state index >= 15 is 0 Å². The van der Waals surface area contributed by atoms with Gasteiger partial charge in [-0.15, -0.1) is 0 Å². The van der Waals surface area contributed by atoms with E-state index in [0.717, 1.165) is 33.9 Å². The first-order valence-electron chi connectivity index (χ1n) is 9.98. The van der Waals surface area contributed by atoms with Gasteiger partial charge in [-0.25, -0.2) is 0 Å². The van der Waals surface area contributed by atoms with Crippen LogP contribution in [0.1, 0.15) is 29.3 Å². The van der Waals surface area contributed by atoms with Gasteiger partial charge in [0.05, 0.1) is 0 Å². The van der Waals surface area contributed by atoms with Crippen molar-refractivity contribution >= 4 is 22.6 Å². The molecule has 29 heavy (non-hydrogen) atoms. The van der Waals surface area contributed by atoms with E-state index in [9.17, 15) is 14.7 Å². The molecule has 2 N–H and O–H groups in total. The average molecular weight is 388 g/mol. The fraction of sp³-hybridized carbons (Fsp3) is 0.250. The molecule has 0 unspecified atom stereocenters. The molecule has 3 aromatic rings. The Kier molecular flexibility index (Phi) is 5.21. The van der Waals surface area contributed by atoms with Crippen LogP contribution >= 0.6 is 0 Å². The normalized spacial score (nSPS) is 14.5. The predicted octanol–water partition coefficient (Wildman–Crippen LogP) is 3.74. The lowest BCUT2D eigenvalue weighted by Gasteiger charge is -2.20. The Bertz CT molecular complexity index is 1090. The molecule has 0 bridgehead atoms. The first-order chi connectivity index (χ1) is 14.1. The van der Waals surface area contributed by atoms with Crippen LogP contribution in [-0.4, -0.2) is 41.5 Å². The summed E-state index contributed by atoms with van der Waals surface area (Å²) in [7, 11) is 0. The van der Waals surface area contributed by atoms with E-state index in [2.05, 4.69) is 18.3 Å². The molecule has 1 heterocycles. The minimum absolute atomic E-state index is 0.0101. The van der Waals surface area contributed by atoms with E-state index in [1.165, 1.54) is 0 Å². The van der Waals surface area contributed by atoms with E-state index in [1.807, 2.05) is 36.4 Å². The number of phenolic OH excluding ortho intramolecular Hbond substituents is 1. The van der Waals surface area contributed by atoms with Gasteiger partial charge in [-0.05, 0) is 58.1 Å². The lowest BCUT2D eigenvalue weighted by molar-refractivity contribution is -0.120. The van der Waals surface area contributed by atoms with Gasteiger partial charge in [0, 0.05) is 31.6 Å². The number of carbonyl (C=O) groups is 2. The first kappa shape index (κ1) is 19.0. The van der Waals surface area contributed by atoms with Gasteiger partial charge in [-0.3, -0.25) is 9.59 Å². The van der Waals surface area contributed by atoms with Crippen LogP contribution in [0.15, 0.2) is 54.6 Å². The number of rotatable bonds is 3. The van der Waals surface area contributed by atoms with E-state index < -0.39 is 0 Å². The van der Waals surface area contributed by atoms with Crippen LogP contribution < -0.4 is 5.32 Å². The fourth-order valence-electron chi connectivity index (χ4n) is 3.94. The lowest BCUT2D eigenvalue weighted by Crippen LogP contribution is -2.34. The summed E-state index contributed by atoms with van der Waals surface area (Å²) in [6.45, 7) is 3.52. The molecule has 0 aromatic heterocycles. The molecular weight excluding hydrogens is 364 g/mol. The largest absolute Gasteiger partial charge is 0.508 e. The molecule has 1 saturated heterocycles. The SMILES string of the molecule is CCc1cc(O)ccc1-c1cccc2cc(C(=O)N3CCNC(=O)CC3)ccc12. The third-order valence-corrected chi connectivity index (χ3v) is 5.49. The standard InChI is InChI=1S/C24H24N2O3/c1-2-16-15-19(27)7-9-20(16)22-5-3-4-17-14-18(6-8-21(17)22)24(29)26-12-10-23(28)25-11-13-26/h3-9,14-15,27H,2,10-13H2,1H3,(H,25,28). The number of nitrogens with one attached hydrogen (secondary N) is 1. The van der Waals surface area contributed by atoms with Gasteiger partial charge < -0.3 is 15.3 Å². The summed E-state index contributed by atoms with van der Waals surface area (Å²) in [5.74, 6) is 0.209. The highest BCUT2D eigenvalue weighted by Gasteiger charge is 2.20. The van der Waals surface area contributed by atoms with Crippen LogP contribution in [0.3, 0.4) is 0 Å². The number of carbonyl (C=O) groups excluding carboxylic acids is 2. The summed E-state index contributed by atoms with van der Waals surface area (Å²) >= 11 is 0. The number of phenols is 1. The number of aryl methyl sites for hydroxylation is 1. The number of benzene rings is 3. The van der Waals surface area contributed by atoms with Crippen molar-refractivity contribution in [1.29, 1.82) is 0 Å². The van der Waals surface area contributed by atoms with Crippen LogP contribution in [0.5, 0.6) is 5.75 Å². The zero-order valence-corrected chi connectivity index (χ0v) is 16.4. The number of aromatic hydroxyl groups is 1. The van der Waals surface area contributed by atoms with Gasteiger partial charge in [-0.1, -0.05) is 37.3 Å². The third-order valence-electron chi connectivity index (χ3n) is 5.49. The van der Waals surface area contributed by atoms with Gasteiger partial charge in [0.2, 0.25) is 5.91 Å². The maximum Gasteiger partial charge on any atom is 0.253 e. The number of hydrogen-bond donors (Lipinski definition) is 2. The van der Waals surface area contributed by atoms with E-state index in [1.54, 1.807) is 17.0 Å². The van der Waals surface area contributed by atoms with Crippen molar-refractivity contribution < 1.29 is 14.7 Å². The number of nitrogens with zero attached hydrogens (tertiary/aromatic N) is 1. The number of amides is 2. The molecule has 5 heteroatoms. The van der Waals surface area contributed by atoms with Crippen LogP contribution in [0.2, 0.25) is 0 Å². The molecule has 4 rings (SSSR count). The minimum atomic E-state index is -0.0484. The van der Waals surface area contributed by atoms with Crippen LogP contribution in [0.4, 0.5) is 0 Å². The highest BCUT2D eigenvalue weighted by atomic mass is 16.3. The summed E-state index contributed by atoms with van der Waals surface area (Å²) < 4.78 is 0. The van der Waals surface area contributed by atoms with Crippen LogP contribution in [-0.2, 0) is 11.2 Å². The maximum absolute atomic E-state index is 13.0. The van der Waals surface area contributed by atoms with Gasteiger partial charge in [-0.2, -0.15) is 0 Å². The van der Waals surface area contributed by atoms with Crippen LogP contribution in [0, 0.1) is 0 Å². The Morgan fingerprint density at radius 1 is 1.07 bits per heavy atom. The maximum atomic E-state index is 13.0. The van der Waals surface area contributed by atoms with E-state index in [-0.39, 0.29) is 17.6 Å². The second kappa shape index (κ2) is 7.95. The van der Waals surface area contributed by atoms with Crippen molar-refractivity contribution in [2.45, 2.75) is 19.8 Å². The van der Waals surface area contributed by atoms with Crippen molar-refractivity contribution in [3.8, 4) is 16.9 Å². The van der Waals surface area contributed by atoms with Crippen molar-refractivity contribution in [3.05, 3.63) is 65.7 Å². The van der Waals surface area contributed by atoms with Gasteiger partial charge in [0.15, 0.2) is 0 Å². The second-order valence-corrected chi connectivity index (χ2v) is 7.33. The number of fused-ring (bicyclic) bond motifs is 1. The molecule has 0 spiro atoms. The monoisotopic (exact) mass is 388 g/mol. The molecule has 1 fully saturated rings. The second-order valence-electron chi connectivity index (χ2n) is 7.33. The van der Waals surface area contributed by atoms with Crippen molar-refractivity contribution in [1.82, 2.24) is 10.2 Å². The zero-order chi connectivity index (χ0) is 20.4. The number of hydrogen-bond acceptors (Lipinski definition) is 3.